The molecule has 2 aromatic carbocycles. The minimum atomic E-state index is -0.299. The van der Waals surface area contributed by atoms with Crippen LogP contribution in [-0.2, 0) is 4.79 Å². The second-order valence-electron chi connectivity index (χ2n) is 6.11. The highest BCUT2D eigenvalue weighted by molar-refractivity contribution is 6.30. The van der Waals surface area contributed by atoms with Crippen LogP contribution in [0.25, 0.3) is 0 Å². The van der Waals surface area contributed by atoms with Gasteiger partial charge in [-0.1, -0.05) is 11.6 Å². The fraction of sp³-hybridized carbons (Fsp3) is 0.263. The molecule has 26 heavy (non-hydrogen) atoms. The lowest BCUT2D eigenvalue weighted by Crippen LogP contribution is -2.34. The number of benzene rings is 2. The quantitative estimate of drug-likeness (QED) is 0.842. The fourth-order valence-corrected chi connectivity index (χ4v) is 3.00. The van der Waals surface area contributed by atoms with Crippen molar-refractivity contribution in [3.05, 3.63) is 53.6 Å². The van der Waals surface area contributed by atoms with E-state index in [4.69, 9.17) is 16.3 Å². The molecular formula is C19H20ClN3O3. The van der Waals surface area contributed by atoms with E-state index in [2.05, 4.69) is 10.6 Å². The molecule has 0 aliphatic carbocycles. The highest BCUT2D eigenvalue weighted by atomic mass is 35.5. The van der Waals surface area contributed by atoms with Crippen molar-refractivity contribution in [3.8, 4) is 5.75 Å². The lowest BCUT2D eigenvalue weighted by atomic mass is 10.1. The van der Waals surface area contributed by atoms with E-state index in [1.807, 2.05) is 12.1 Å². The fourth-order valence-electron chi connectivity index (χ4n) is 2.88. The number of carbonyl (C=O) groups is 2. The van der Waals surface area contributed by atoms with Crippen LogP contribution in [0.2, 0.25) is 5.02 Å². The Morgan fingerprint density at radius 3 is 2.54 bits per heavy atom. The molecule has 0 radical (unpaired) electrons. The van der Waals surface area contributed by atoms with Gasteiger partial charge in [0.2, 0.25) is 5.91 Å². The van der Waals surface area contributed by atoms with Crippen LogP contribution in [0.4, 0.5) is 16.2 Å². The molecule has 1 unspecified atom stereocenters. The Balaban J connectivity index is 1.49. The van der Waals surface area contributed by atoms with Gasteiger partial charge in [0.25, 0.3) is 0 Å². The maximum atomic E-state index is 12.2. The Kier molecular flexibility index (Phi) is 5.63. The molecular weight excluding hydrogens is 354 g/mol. The van der Waals surface area contributed by atoms with Crippen LogP contribution in [0, 0.1) is 5.92 Å². The summed E-state index contributed by atoms with van der Waals surface area (Å²) in [6.45, 7) is 1.00. The Morgan fingerprint density at radius 1 is 1.19 bits per heavy atom. The molecule has 1 aliphatic rings. The summed E-state index contributed by atoms with van der Waals surface area (Å²) >= 11 is 5.89. The molecule has 0 aromatic heterocycles. The van der Waals surface area contributed by atoms with Crippen LogP contribution < -0.4 is 20.3 Å². The van der Waals surface area contributed by atoms with Gasteiger partial charge in [-0.25, -0.2) is 4.79 Å². The molecule has 1 heterocycles. The van der Waals surface area contributed by atoms with Crippen molar-refractivity contribution < 1.29 is 14.3 Å². The zero-order chi connectivity index (χ0) is 18.5. The summed E-state index contributed by atoms with van der Waals surface area (Å²) in [5.74, 6) is 0.845. The van der Waals surface area contributed by atoms with Crippen LogP contribution in [-0.4, -0.2) is 32.1 Å². The van der Waals surface area contributed by atoms with Crippen molar-refractivity contribution in [1.82, 2.24) is 5.32 Å². The molecule has 136 valence electrons. The highest BCUT2D eigenvalue weighted by Crippen LogP contribution is 2.26. The van der Waals surface area contributed by atoms with Crippen molar-refractivity contribution in [3.63, 3.8) is 0 Å². The van der Waals surface area contributed by atoms with Crippen molar-refractivity contribution in [2.75, 3.05) is 30.4 Å². The van der Waals surface area contributed by atoms with E-state index in [1.165, 1.54) is 0 Å². The lowest BCUT2D eigenvalue weighted by Gasteiger charge is -2.17. The van der Waals surface area contributed by atoms with Crippen LogP contribution in [0.3, 0.4) is 0 Å². The van der Waals surface area contributed by atoms with Gasteiger partial charge < -0.3 is 20.3 Å². The number of hydrogen-bond donors (Lipinski definition) is 2. The van der Waals surface area contributed by atoms with Gasteiger partial charge >= 0.3 is 6.03 Å². The molecule has 1 atom stereocenters. The predicted molar refractivity (Wildman–Crippen MR) is 102 cm³/mol. The van der Waals surface area contributed by atoms with Crippen molar-refractivity contribution >= 4 is 34.9 Å². The average Bonchev–Trinajstić information content (AvgIpc) is 3.02. The van der Waals surface area contributed by atoms with Gasteiger partial charge in [0, 0.05) is 41.8 Å². The number of ether oxygens (including phenoxy) is 1. The second kappa shape index (κ2) is 8.10. The lowest BCUT2D eigenvalue weighted by molar-refractivity contribution is -0.117. The molecule has 0 spiro atoms. The molecule has 3 rings (SSSR count). The molecule has 7 heteroatoms. The minimum absolute atomic E-state index is 0.0506. The van der Waals surface area contributed by atoms with Gasteiger partial charge in [-0.2, -0.15) is 0 Å². The zero-order valence-electron chi connectivity index (χ0n) is 14.4. The third-order valence-electron chi connectivity index (χ3n) is 4.24. The number of amides is 3. The number of urea groups is 1. The second-order valence-corrected chi connectivity index (χ2v) is 6.55. The normalized spacial score (nSPS) is 16.5. The van der Waals surface area contributed by atoms with Crippen molar-refractivity contribution in [2.24, 2.45) is 5.92 Å². The maximum Gasteiger partial charge on any atom is 0.319 e. The molecule has 0 bridgehead atoms. The van der Waals surface area contributed by atoms with Gasteiger partial charge in [0.15, 0.2) is 0 Å². The summed E-state index contributed by atoms with van der Waals surface area (Å²) in [6.07, 6.45) is 0.408. The molecule has 1 aliphatic heterocycles. The van der Waals surface area contributed by atoms with E-state index in [9.17, 15) is 9.59 Å². The van der Waals surface area contributed by atoms with Gasteiger partial charge in [-0.05, 0) is 48.5 Å². The summed E-state index contributed by atoms with van der Waals surface area (Å²) < 4.78 is 5.08. The number of anilines is 2. The van der Waals surface area contributed by atoms with E-state index >= 15 is 0 Å². The van der Waals surface area contributed by atoms with E-state index in [0.29, 0.717) is 30.2 Å². The number of hydrogen-bond acceptors (Lipinski definition) is 3. The maximum absolute atomic E-state index is 12.2. The van der Waals surface area contributed by atoms with Crippen molar-refractivity contribution in [1.29, 1.82) is 0 Å². The minimum Gasteiger partial charge on any atom is -0.497 e. The van der Waals surface area contributed by atoms with Gasteiger partial charge in [-0.3, -0.25) is 4.79 Å². The number of carbonyl (C=O) groups excluding carboxylic acids is 2. The number of halogens is 1. The highest BCUT2D eigenvalue weighted by Gasteiger charge is 2.30. The number of nitrogens with zero attached hydrogens (tertiary/aromatic N) is 1. The first-order valence-electron chi connectivity index (χ1n) is 8.30. The molecule has 2 N–H and O–H groups in total. The summed E-state index contributed by atoms with van der Waals surface area (Å²) in [4.78, 5) is 26.0. The smallest absolute Gasteiger partial charge is 0.319 e. The first-order chi connectivity index (χ1) is 12.5. The molecule has 3 amide bonds. The largest absolute Gasteiger partial charge is 0.497 e. The first kappa shape index (κ1) is 18.1. The van der Waals surface area contributed by atoms with Crippen LogP contribution in [0.5, 0.6) is 5.75 Å². The molecule has 2 aromatic rings. The summed E-state index contributed by atoms with van der Waals surface area (Å²) in [5.41, 5.74) is 1.50. The third kappa shape index (κ3) is 4.46. The first-order valence-corrected chi connectivity index (χ1v) is 8.68. The van der Waals surface area contributed by atoms with E-state index in [1.54, 1.807) is 48.4 Å². The van der Waals surface area contributed by atoms with Gasteiger partial charge in [0.05, 0.1) is 7.11 Å². The zero-order valence-corrected chi connectivity index (χ0v) is 15.1. The Bertz CT molecular complexity index is 778. The number of methoxy groups -OCH3 is 1. The van der Waals surface area contributed by atoms with Gasteiger partial charge in [-0.15, -0.1) is 0 Å². The van der Waals surface area contributed by atoms with E-state index in [0.717, 1.165) is 11.4 Å². The van der Waals surface area contributed by atoms with Crippen LogP contribution in [0.1, 0.15) is 6.42 Å². The molecule has 0 saturated carbocycles. The molecule has 1 fully saturated rings. The SMILES string of the molecule is COc1ccc(NC(=O)NCC2CC(=O)N(c3ccc(Cl)cc3)C2)cc1. The summed E-state index contributed by atoms with van der Waals surface area (Å²) in [6, 6.07) is 14.0. The predicted octanol–water partition coefficient (Wildman–Crippen LogP) is 3.52. The molecule has 6 nitrogen and oxygen atoms in total. The van der Waals surface area contributed by atoms with Crippen LogP contribution in [0.15, 0.2) is 48.5 Å². The summed E-state index contributed by atoms with van der Waals surface area (Å²) in [5, 5.41) is 6.21. The van der Waals surface area contributed by atoms with Gasteiger partial charge in [0.1, 0.15) is 5.75 Å². The number of nitrogens with one attached hydrogen (secondary N) is 2. The van der Waals surface area contributed by atoms with E-state index in [-0.39, 0.29) is 17.9 Å². The molecule has 1 saturated heterocycles. The third-order valence-corrected chi connectivity index (χ3v) is 4.49. The Morgan fingerprint density at radius 2 is 1.88 bits per heavy atom. The average molecular weight is 374 g/mol. The number of rotatable bonds is 5. The standard InChI is InChI=1S/C19H20ClN3O3/c1-26-17-8-4-15(5-9-17)22-19(25)21-11-13-10-18(24)23(12-13)16-6-2-14(20)3-7-16/h2-9,13H,10-12H2,1H3,(H2,21,22,25). The van der Waals surface area contributed by atoms with Crippen LogP contribution >= 0.6 is 11.6 Å². The van der Waals surface area contributed by atoms with E-state index < -0.39 is 0 Å². The summed E-state index contributed by atoms with van der Waals surface area (Å²) in [7, 11) is 1.59. The van der Waals surface area contributed by atoms with Crippen molar-refractivity contribution in [2.45, 2.75) is 6.42 Å². The topological polar surface area (TPSA) is 70.7 Å². The monoisotopic (exact) mass is 373 g/mol. The Hall–Kier alpha value is -2.73. The Labute approximate surface area is 157 Å².